The van der Waals surface area contributed by atoms with Gasteiger partial charge in [0.05, 0.1) is 49.2 Å². The maximum Gasteiger partial charge on any atom is 0.121 e. The standard InChI is InChI=1S/C84H86N4O4/c1-9-13-49-89-71-25-17-21-67(53-71)85(63-37-29-59(5)30-38-63)79-57-80(86(64-39-31-60(6)32-40-64)68-22-18-26-72(54-68)90-50-14-10-2)76-47-48-78-82(88(66-43-35-62(8)36-44-66)70-24-20-28-74(56-70)92-52-16-12-4)58-81(77-46-45-75(79)83(76)84(77)78)87(65-41-33-61(7)34-42-65)69-23-19-27-73(55-69)91-51-15-11-3/h17-48,53-58H,9-16,49-52H2,1-8H3. The summed E-state index contributed by atoms with van der Waals surface area (Å²) in [6, 6.07) is 84.6. The lowest BCUT2D eigenvalue weighted by Gasteiger charge is -2.34. The highest BCUT2D eigenvalue weighted by atomic mass is 16.5. The molecule has 0 aliphatic rings. The molecule has 0 heterocycles. The summed E-state index contributed by atoms with van der Waals surface area (Å²) in [5, 5.41) is 6.59. The molecule has 12 aromatic rings. The van der Waals surface area contributed by atoms with Crippen LogP contribution in [0.2, 0.25) is 0 Å². The van der Waals surface area contributed by atoms with Gasteiger partial charge in [0.1, 0.15) is 23.0 Å². The summed E-state index contributed by atoms with van der Waals surface area (Å²) >= 11 is 0. The molecule has 8 heteroatoms. The summed E-state index contributed by atoms with van der Waals surface area (Å²) in [6.07, 6.45) is 8.03. The van der Waals surface area contributed by atoms with Gasteiger partial charge < -0.3 is 38.5 Å². The van der Waals surface area contributed by atoms with E-state index in [1.54, 1.807) is 0 Å². The van der Waals surface area contributed by atoms with Crippen molar-refractivity contribution >= 4 is 101 Å². The first kappa shape index (κ1) is 62.3. The Morgan fingerprint density at radius 2 is 0.457 bits per heavy atom. The molecule has 12 rings (SSSR count). The average Bonchev–Trinajstić information content (AvgIpc) is 0.703. The van der Waals surface area contributed by atoms with Gasteiger partial charge in [0.2, 0.25) is 0 Å². The van der Waals surface area contributed by atoms with E-state index in [2.05, 4.69) is 306 Å². The summed E-state index contributed by atoms with van der Waals surface area (Å²) in [6.45, 7) is 20.0. The fraction of sp³-hybridized carbons (Fsp3) is 0.238. The fourth-order valence-corrected chi connectivity index (χ4v) is 12.3. The van der Waals surface area contributed by atoms with Crippen LogP contribution in [0.1, 0.15) is 101 Å². The first-order chi connectivity index (χ1) is 45.1. The Morgan fingerprint density at radius 1 is 0.239 bits per heavy atom. The molecule has 0 N–H and O–H groups in total. The Labute approximate surface area is 545 Å². The van der Waals surface area contributed by atoms with Gasteiger partial charge >= 0.3 is 0 Å². The average molecular weight is 1220 g/mol. The van der Waals surface area contributed by atoms with Crippen LogP contribution in [0.4, 0.5) is 68.2 Å². The molecule has 92 heavy (non-hydrogen) atoms. The van der Waals surface area contributed by atoms with Crippen LogP contribution < -0.4 is 38.5 Å². The second-order valence-electron chi connectivity index (χ2n) is 24.4. The molecule has 0 amide bonds. The van der Waals surface area contributed by atoms with E-state index in [1.165, 1.54) is 22.3 Å². The molecular weight excluding hydrogens is 1130 g/mol. The highest BCUT2D eigenvalue weighted by molar-refractivity contribution is 6.33. The molecule has 466 valence electrons. The van der Waals surface area contributed by atoms with Gasteiger partial charge in [0, 0.05) is 102 Å². The third-order valence-electron chi connectivity index (χ3n) is 17.3. The minimum Gasteiger partial charge on any atom is -0.494 e. The zero-order chi connectivity index (χ0) is 63.5. The molecule has 0 radical (unpaired) electrons. The number of aryl methyl sites for hydroxylation is 4. The van der Waals surface area contributed by atoms with Gasteiger partial charge in [-0.3, -0.25) is 0 Å². The molecule has 0 aromatic heterocycles. The summed E-state index contributed by atoms with van der Waals surface area (Å²) in [4.78, 5) is 9.75. The van der Waals surface area contributed by atoms with E-state index in [0.29, 0.717) is 26.4 Å². The summed E-state index contributed by atoms with van der Waals surface area (Å²) in [5.41, 5.74) is 16.8. The van der Waals surface area contributed by atoms with Gasteiger partial charge in [-0.15, -0.1) is 0 Å². The van der Waals surface area contributed by atoms with Gasteiger partial charge in [-0.05, 0) is 163 Å². The van der Waals surface area contributed by atoms with Crippen LogP contribution >= 0.6 is 0 Å². The smallest absolute Gasteiger partial charge is 0.121 e. The van der Waals surface area contributed by atoms with E-state index in [1.807, 2.05) is 0 Å². The Balaban J connectivity index is 1.26. The molecule has 0 aliphatic carbocycles. The van der Waals surface area contributed by atoms with E-state index in [-0.39, 0.29) is 0 Å². The van der Waals surface area contributed by atoms with Crippen LogP contribution in [0.3, 0.4) is 0 Å². The van der Waals surface area contributed by atoms with Crippen LogP contribution in [0.5, 0.6) is 23.0 Å². The highest BCUT2D eigenvalue weighted by Gasteiger charge is 2.30. The van der Waals surface area contributed by atoms with Crippen molar-refractivity contribution in [3.8, 4) is 23.0 Å². The number of unbranched alkanes of at least 4 members (excludes halogenated alkanes) is 4. The molecular formula is C84H86N4O4. The number of nitrogens with zero attached hydrogens (tertiary/aromatic N) is 4. The Morgan fingerprint density at radius 3 is 0.663 bits per heavy atom. The monoisotopic (exact) mass is 1210 g/mol. The maximum atomic E-state index is 6.56. The molecule has 0 bridgehead atoms. The minimum atomic E-state index is 0.635. The first-order valence-electron chi connectivity index (χ1n) is 33.3. The summed E-state index contributed by atoms with van der Waals surface area (Å²) in [7, 11) is 0. The third kappa shape index (κ3) is 13.6. The summed E-state index contributed by atoms with van der Waals surface area (Å²) in [5.74, 6) is 3.31. The van der Waals surface area contributed by atoms with Crippen molar-refractivity contribution in [3.63, 3.8) is 0 Å². The first-order valence-corrected chi connectivity index (χ1v) is 33.3. The minimum absolute atomic E-state index is 0.635. The second-order valence-corrected chi connectivity index (χ2v) is 24.4. The van der Waals surface area contributed by atoms with Gasteiger partial charge in [-0.2, -0.15) is 0 Å². The topological polar surface area (TPSA) is 49.9 Å². The fourth-order valence-electron chi connectivity index (χ4n) is 12.3. The quantitative estimate of drug-likeness (QED) is 0.0355. The molecule has 0 fully saturated rings. The predicted molar refractivity (Wildman–Crippen MR) is 389 cm³/mol. The number of hydrogen-bond donors (Lipinski definition) is 0. The number of hydrogen-bond acceptors (Lipinski definition) is 8. The van der Waals surface area contributed by atoms with Crippen LogP contribution in [0, 0.1) is 27.7 Å². The molecule has 0 saturated heterocycles. The zero-order valence-electron chi connectivity index (χ0n) is 54.8. The SMILES string of the molecule is CCCCOc1cccc(N(c2ccc(C)cc2)c2cc(N(c3ccc(C)cc3)c3cccc(OCCCC)c3)c3ccc4c(N(c5ccc(C)cc5)c5cccc(OCCCC)c5)cc(N(c5ccc(C)cc5)c5cccc(OCCCC)c5)c5ccc2c3c54)c1. The Hall–Kier alpha value is -9.92. The van der Waals surface area contributed by atoms with E-state index in [0.717, 1.165) is 175 Å². The number of anilines is 12. The molecule has 0 aliphatic heterocycles. The lowest BCUT2D eigenvalue weighted by Crippen LogP contribution is -2.16. The Kier molecular flexibility index (Phi) is 19.6. The van der Waals surface area contributed by atoms with E-state index >= 15 is 0 Å². The van der Waals surface area contributed by atoms with Crippen molar-refractivity contribution in [1.82, 2.24) is 0 Å². The van der Waals surface area contributed by atoms with Crippen molar-refractivity contribution in [2.24, 2.45) is 0 Å². The number of ether oxygens (including phenoxy) is 4. The van der Waals surface area contributed by atoms with Crippen molar-refractivity contribution in [1.29, 1.82) is 0 Å². The van der Waals surface area contributed by atoms with Crippen molar-refractivity contribution in [2.45, 2.75) is 107 Å². The third-order valence-corrected chi connectivity index (χ3v) is 17.3. The number of rotatable bonds is 28. The lowest BCUT2D eigenvalue weighted by molar-refractivity contribution is 0.309. The van der Waals surface area contributed by atoms with Crippen molar-refractivity contribution in [3.05, 3.63) is 253 Å². The summed E-state index contributed by atoms with van der Waals surface area (Å²) < 4.78 is 26.3. The molecule has 0 atom stereocenters. The van der Waals surface area contributed by atoms with Crippen molar-refractivity contribution < 1.29 is 18.9 Å². The maximum absolute atomic E-state index is 6.56. The Bertz CT molecular complexity index is 3850. The molecule has 12 aromatic carbocycles. The largest absolute Gasteiger partial charge is 0.494 e. The van der Waals surface area contributed by atoms with E-state index in [4.69, 9.17) is 18.9 Å². The molecule has 0 spiro atoms. The van der Waals surface area contributed by atoms with Crippen LogP contribution in [0.15, 0.2) is 231 Å². The van der Waals surface area contributed by atoms with Gasteiger partial charge in [0.15, 0.2) is 0 Å². The molecule has 0 saturated carbocycles. The van der Waals surface area contributed by atoms with Crippen LogP contribution in [-0.4, -0.2) is 26.4 Å². The second kappa shape index (κ2) is 28.9. The normalized spacial score (nSPS) is 11.3. The number of benzene rings is 12. The molecule has 0 unspecified atom stereocenters. The lowest BCUT2D eigenvalue weighted by atomic mass is 9.89. The van der Waals surface area contributed by atoms with Gasteiger partial charge in [-0.25, -0.2) is 0 Å². The van der Waals surface area contributed by atoms with Crippen LogP contribution in [0.25, 0.3) is 32.3 Å². The highest BCUT2D eigenvalue weighted by Crippen LogP contribution is 2.55. The van der Waals surface area contributed by atoms with E-state index < -0.39 is 0 Å². The van der Waals surface area contributed by atoms with Gasteiger partial charge in [-0.1, -0.05) is 173 Å². The predicted octanol–water partition coefficient (Wildman–Crippen LogP) is 24.4. The van der Waals surface area contributed by atoms with E-state index in [9.17, 15) is 0 Å². The van der Waals surface area contributed by atoms with Crippen LogP contribution in [-0.2, 0) is 0 Å². The zero-order valence-corrected chi connectivity index (χ0v) is 54.8. The van der Waals surface area contributed by atoms with Gasteiger partial charge in [0.25, 0.3) is 0 Å². The van der Waals surface area contributed by atoms with Crippen molar-refractivity contribution in [2.75, 3.05) is 46.0 Å². The molecule has 8 nitrogen and oxygen atoms in total.